The maximum Gasteiger partial charge on any atom is 0.263 e. The van der Waals surface area contributed by atoms with E-state index < -0.39 is 15.9 Å². The average molecular weight is 528 g/mol. The molecule has 162 valence electrons. The highest BCUT2D eigenvalue weighted by atomic mass is 79.9. The summed E-state index contributed by atoms with van der Waals surface area (Å²) in [4.78, 5) is 19.9. The first kappa shape index (κ1) is 22.8. The maximum atomic E-state index is 12.6. The molecular weight excluding hydrogens is 512 g/mol. The second-order valence-electron chi connectivity index (χ2n) is 5.96. The standard InChI is InChI=1S/C19H16BrClN4O5S/c1-29-19-18(22-8-9-23-19)25-31(27,28)14-5-3-13(4-6-14)24-17(26)11-30-16-7-2-12(21)10-15(16)20/h2-10H,11H2,1H3,(H,22,25)(H,24,26). The number of ether oxygens (including phenoxy) is 2. The number of benzene rings is 2. The third kappa shape index (κ3) is 6.06. The molecule has 3 aromatic rings. The number of hydrogen-bond donors (Lipinski definition) is 2. The fraction of sp³-hybridized carbons (Fsp3) is 0.105. The highest BCUT2D eigenvalue weighted by Gasteiger charge is 2.18. The molecule has 0 atom stereocenters. The first-order valence-electron chi connectivity index (χ1n) is 8.64. The number of halogens is 2. The third-order valence-corrected chi connectivity index (χ3v) is 6.00. The molecule has 1 heterocycles. The van der Waals surface area contributed by atoms with E-state index in [4.69, 9.17) is 21.1 Å². The number of nitrogens with one attached hydrogen (secondary N) is 2. The summed E-state index contributed by atoms with van der Waals surface area (Å²) < 4.78 is 38.5. The Balaban J connectivity index is 1.62. The highest BCUT2D eigenvalue weighted by Crippen LogP contribution is 2.28. The number of sulfonamides is 1. The summed E-state index contributed by atoms with van der Waals surface area (Å²) in [5.74, 6) is 0.0570. The molecule has 0 bridgehead atoms. The molecule has 31 heavy (non-hydrogen) atoms. The van der Waals surface area contributed by atoms with Gasteiger partial charge in [0.1, 0.15) is 5.75 Å². The van der Waals surface area contributed by atoms with E-state index in [1.165, 1.54) is 43.8 Å². The number of methoxy groups -OCH3 is 1. The van der Waals surface area contributed by atoms with Gasteiger partial charge in [-0.1, -0.05) is 11.6 Å². The van der Waals surface area contributed by atoms with Crippen LogP contribution in [0.25, 0.3) is 0 Å². The van der Waals surface area contributed by atoms with Crippen molar-refractivity contribution in [2.24, 2.45) is 0 Å². The lowest BCUT2D eigenvalue weighted by atomic mass is 10.3. The van der Waals surface area contributed by atoms with Gasteiger partial charge in [-0.2, -0.15) is 0 Å². The summed E-state index contributed by atoms with van der Waals surface area (Å²) in [7, 11) is -2.58. The summed E-state index contributed by atoms with van der Waals surface area (Å²) >= 11 is 9.17. The van der Waals surface area contributed by atoms with Crippen LogP contribution in [0.3, 0.4) is 0 Å². The number of anilines is 2. The first-order chi connectivity index (χ1) is 14.8. The molecular formula is C19H16BrClN4O5S. The van der Waals surface area contributed by atoms with Crippen LogP contribution in [-0.4, -0.2) is 38.0 Å². The van der Waals surface area contributed by atoms with Crippen molar-refractivity contribution in [2.45, 2.75) is 4.90 Å². The van der Waals surface area contributed by atoms with Gasteiger partial charge >= 0.3 is 0 Å². The van der Waals surface area contributed by atoms with Gasteiger partial charge in [0.05, 0.1) is 16.5 Å². The van der Waals surface area contributed by atoms with E-state index in [9.17, 15) is 13.2 Å². The summed E-state index contributed by atoms with van der Waals surface area (Å²) in [5, 5.41) is 3.16. The normalized spacial score (nSPS) is 10.9. The largest absolute Gasteiger partial charge is 0.483 e. The molecule has 0 aliphatic carbocycles. The Bertz CT molecular complexity index is 1190. The minimum Gasteiger partial charge on any atom is -0.483 e. The van der Waals surface area contributed by atoms with Crippen LogP contribution in [0, 0.1) is 0 Å². The molecule has 2 aromatic carbocycles. The van der Waals surface area contributed by atoms with Crippen LogP contribution in [0.4, 0.5) is 11.5 Å². The summed E-state index contributed by atoms with van der Waals surface area (Å²) in [5.41, 5.74) is 0.403. The van der Waals surface area contributed by atoms with Gasteiger partial charge in [0.25, 0.3) is 21.8 Å². The van der Waals surface area contributed by atoms with Gasteiger partial charge in [0.2, 0.25) is 5.82 Å². The smallest absolute Gasteiger partial charge is 0.263 e. The van der Waals surface area contributed by atoms with Crippen molar-refractivity contribution in [3.05, 3.63) is 64.4 Å². The minimum atomic E-state index is -3.93. The highest BCUT2D eigenvalue weighted by molar-refractivity contribution is 9.10. The Hall–Kier alpha value is -2.89. The molecule has 0 saturated heterocycles. The topological polar surface area (TPSA) is 120 Å². The van der Waals surface area contributed by atoms with Crippen LogP contribution >= 0.6 is 27.5 Å². The van der Waals surface area contributed by atoms with Crippen molar-refractivity contribution in [3.63, 3.8) is 0 Å². The van der Waals surface area contributed by atoms with Crippen molar-refractivity contribution >= 4 is 55.0 Å². The van der Waals surface area contributed by atoms with Crippen molar-refractivity contribution in [2.75, 3.05) is 23.8 Å². The van der Waals surface area contributed by atoms with Gasteiger partial charge in [-0.25, -0.2) is 18.4 Å². The van der Waals surface area contributed by atoms with Crippen LogP contribution in [0.1, 0.15) is 0 Å². The van der Waals surface area contributed by atoms with Gasteiger partial charge < -0.3 is 14.8 Å². The minimum absolute atomic E-state index is 0.0282. The molecule has 0 saturated carbocycles. The van der Waals surface area contributed by atoms with E-state index in [-0.39, 0.29) is 23.2 Å². The molecule has 0 fully saturated rings. The number of nitrogens with zero attached hydrogens (tertiary/aromatic N) is 2. The fourth-order valence-electron chi connectivity index (χ4n) is 2.38. The van der Waals surface area contributed by atoms with E-state index >= 15 is 0 Å². The summed E-state index contributed by atoms with van der Waals surface area (Å²) in [6.45, 7) is -0.242. The summed E-state index contributed by atoms with van der Waals surface area (Å²) in [6, 6.07) is 10.5. The molecule has 0 aliphatic rings. The SMILES string of the molecule is COc1nccnc1NS(=O)(=O)c1ccc(NC(=O)COc2ccc(Cl)cc2Br)cc1. The zero-order chi connectivity index (χ0) is 22.4. The van der Waals surface area contributed by atoms with Gasteiger partial charge in [-0.05, 0) is 58.4 Å². The molecule has 0 spiro atoms. The van der Waals surface area contributed by atoms with Crippen molar-refractivity contribution in [1.29, 1.82) is 0 Å². The Morgan fingerprint density at radius 1 is 1.13 bits per heavy atom. The monoisotopic (exact) mass is 526 g/mol. The van der Waals surface area contributed by atoms with Crippen molar-refractivity contribution < 1.29 is 22.7 Å². The second kappa shape index (κ2) is 9.94. The van der Waals surface area contributed by atoms with Crippen LogP contribution in [0.15, 0.2) is 64.2 Å². The summed E-state index contributed by atoms with van der Waals surface area (Å²) in [6.07, 6.45) is 2.72. The Morgan fingerprint density at radius 3 is 2.52 bits per heavy atom. The lowest BCUT2D eigenvalue weighted by molar-refractivity contribution is -0.118. The molecule has 2 N–H and O–H groups in total. The van der Waals surface area contributed by atoms with E-state index in [2.05, 4.69) is 35.9 Å². The van der Waals surface area contributed by atoms with Gasteiger partial charge in [-0.3, -0.25) is 9.52 Å². The van der Waals surface area contributed by atoms with Gasteiger partial charge in [0.15, 0.2) is 6.61 Å². The van der Waals surface area contributed by atoms with Gasteiger partial charge in [-0.15, -0.1) is 0 Å². The number of amides is 1. The molecule has 9 nitrogen and oxygen atoms in total. The molecule has 1 amide bonds. The van der Waals surface area contributed by atoms with E-state index in [1.54, 1.807) is 18.2 Å². The van der Waals surface area contributed by atoms with E-state index in [0.717, 1.165) is 0 Å². The number of carbonyl (C=O) groups is 1. The van der Waals surface area contributed by atoms with Crippen molar-refractivity contribution in [1.82, 2.24) is 9.97 Å². The van der Waals surface area contributed by atoms with Gasteiger partial charge in [0, 0.05) is 23.1 Å². The molecule has 0 radical (unpaired) electrons. The van der Waals surface area contributed by atoms with Crippen LogP contribution < -0.4 is 19.5 Å². The zero-order valence-corrected chi connectivity index (χ0v) is 19.2. The molecule has 12 heteroatoms. The third-order valence-electron chi connectivity index (χ3n) is 3.79. The number of aromatic nitrogens is 2. The van der Waals surface area contributed by atoms with Crippen LogP contribution in [-0.2, 0) is 14.8 Å². The molecule has 0 aliphatic heterocycles. The number of hydrogen-bond acceptors (Lipinski definition) is 7. The van der Waals surface area contributed by atoms with E-state index in [0.29, 0.717) is 20.9 Å². The average Bonchev–Trinajstić information content (AvgIpc) is 2.73. The Labute approximate surface area is 191 Å². The Morgan fingerprint density at radius 2 is 1.84 bits per heavy atom. The molecule has 3 rings (SSSR count). The predicted octanol–water partition coefficient (Wildman–Crippen LogP) is 3.72. The lowest BCUT2D eigenvalue weighted by Gasteiger charge is -2.11. The van der Waals surface area contributed by atoms with Crippen LogP contribution in [0.5, 0.6) is 11.6 Å². The lowest BCUT2D eigenvalue weighted by Crippen LogP contribution is -2.20. The number of rotatable bonds is 8. The second-order valence-corrected chi connectivity index (χ2v) is 8.93. The molecule has 0 unspecified atom stereocenters. The van der Waals surface area contributed by atoms with Crippen LogP contribution in [0.2, 0.25) is 5.02 Å². The maximum absolute atomic E-state index is 12.6. The van der Waals surface area contributed by atoms with Crippen molar-refractivity contribution in [3.8, 4) is 11.6 Å². The number of carbonyl (C=O) groups excluding carboxylic acids is 1. The first-order valence-corrected chi connectivity index (χ1v) is 11.3. The fourth-order valence-corrected chi connectivity index (χ4v) is 4.18. The Kier molecular flexibility index (Phi) is 7.31. The molecule has 1 aromatic heterocycles. The quantitative estimate of drug-likeness (QED) is 0.458. The van der Waals surface area contributed by atoms with E-state index in [1.807, 2.05) is 0 Å². The zero-order valence-electron chi connectivity index (χ0n) is 16.0. The predicted molar refractivity (Wildman–Crippen MR) is 119 cm³/mol.